The fourth-order valence-electron chi connectivity index (χ4n) is 1.51. The molecule has 0 N–H and O–H groups in total. The molecule has 0 heterocycles. The van der Waals surface area contributed by atoms with Gasteiger partial charge in [0.15, 0.2) is 10.3 Å². The second kappa shape index (κ2) is 7.64. The Morgan fingerprint density at radius 3 is 1.45 bits per heavy atom. The molecule has 0 bridgehead atoms. The van der Waals surface area contributed by atoms with Gasteiger partial charge in [-0.2, -0.15) is 0 Å². The van der Waals surface area contributed by atoms with Crippen LogP contribution in [0.15, 0.2) is 55.5 Å². The van der Waals surface area contributed by atoms with E-state index in [0.29, 0.717) is 8.95 Å². The van der Waals surface area contributed by atoms with Gasteiger partial charge in [0.05, 0.1) is 0 Å². The molecule has 0 aliphatic heterocycles. The maximum absolute atomic E-state index is 13.7. The topological polar surface area (TPSA) is 24.7 Å². The van der Waals surface area contributed by atoms with E-state index in [9.17, 15) is 8.78 Å². The van der Waals surface area contributed by atoms with Gasteiger partial charge in [0.1, 0.15) is 11.6 Å². The lowest BCUT2D eigenvalue weighted by Crippen LogP contribution is -1.98. The summed E-state index contributed by atoms with van der Waals surface area (Å²) in [4.78, 5) is 0. The summed E-state index contributed by atoms with van der Waals surface area (Å²) in [5.41, 5.74) is 0.128. The summed E-state index contributed by atoms with van der Waals surface area (Å²) in [5.74, 6) is -1.13. The molecular weight excluding hydrogens is 465 g/mol. The molecule has 0 radical (unpaired) electrons. The van der Waals surface area contributed by atoms with Crippen LogP contribution in [-0.4, -0.2) is 10.3 Å². The molecule has 114 valence electrons. The maximum Gasteiger partial charge on any atom is 0.161 e. The summed E-state index contributed by atoms with van der Waals surface area (Å²) in [7, 11) is 0. The van der Waals surface area contributed by atoms with Gasteiger partial charge in [-0.15, -0.1) is 10.2 Å². The minimum atomic E-state index is -0.565. The summed E-state index contributed by atoms with van der Waals surface area (Å²) >= 11 is 18.0. The van der Waals surface area contributed by atoms with Crippen molar-refractivity contribution in [2.24, 2.45) is 10.2 Å². The van der Waals surface area contributed by atoms with Crippen molar-refractivity contribution in [3.05, 3.63) is 68.1 Å². The zero-order chi connectivity index (χ0) is 16.3. The van der Waals surface area contributed by atoms with Gasteiger partial charge in [-0.25, -0.2) is 8.78 Å². The number of rotatable bonds is 3. The average Bonchev–Trinajstić information content (AvgIpc) is 2.44. The SMILES string of the molecule is Fc1cc(Br)ccc1C(Cl)=NN=C(Cl)c1ccc(Br)cc1F. The lowest BCUT2D eigenvalue weighted by atomic mass is 10.2. The molecule has 2 rings (SSSR count). The highest BCUT2D eigenvalue weighted by atomic mass is 79.9. The minimum Gasteiger partial charge on any atom is -0.206 e. The highest BCUT2D eigenvalue weighted by Crippen LogP contribution is 2.19. The van der Waals surface area contributed by atoms with Crippen molar-refractivity contribution in [2.45, 2.75) is 0 Å². The van der Waals surface area contributed by atoms with Crippen LogP contribution in [0.2, 0.25) is 0 Å². The van der Waals surface area contributed by atoms with Crippen molar-refractivity contribution in [3.63, 3.8) is 0 Å². The highest BCUT2D eigenvalue weighted by molar-refractivity contribution is 9.10. The van der Waals surface area contributed by atoms with Gasteiger partial charge in [0.25, 0.3) is 0 Å². The van der Waals surface area contributed by atoms with Gasteiger partial charge >= 0.3 is 0 Å². The van der Waals surface area contributed by atoms with Crippen LogP contribution in [0.1, 0.15) is 11.1 Å². The third kappa shape index (κ3) is 4.35. The van der Waals surface area contributed by atoms with E-state index in [0.717, 1.165) is 0 Å². The van der Waals surface area contributed by atoms with Crippen molar-refractivity contribution in [1.29, 1.82) is 0 Å². The molecule has 22 heavy (non-hydrogen) atoms. The van der Waals surface area contributed by atoms with E-state index in [1.54, 1.807) is 12.1 Å². The molecule has 0 amide bonds. The first kappa shape index (κ1) is 17.5. The monoisotopic (exact) mass is 468 g/mol. The van der Waals surface area contributed by atoms with E-state index in [-0.39, 0.29) is 21.5 Å². The summed E-state index contributed by atoms with van der Waals surface area (Å²) in [6.07, 6.45) is 0. The minimum absolute atomic E-state index is 0.0642. The van der Waals surface area contributed by atoms with Crippen molar-refractivity contribution in [2.75, 3.05) is 0 Å². The zero-order valence-corrected chi connectivity index (χ0v) is 15.3. The van der Waals surface area contributed by atoms with Crippen molar-refractivity contribution >= 4 is 65.4 Å². The van der Waals surface area contributed by atoms with E-state index < -0.39 is 11.6 Å². The predicted molar refractivity (Wildman–Crippen MR) is 93.0 cm³/mol. The standard InChI is InChI=1S/C14H6Br2Cl2F2N2/c15-7-1-3-9(11(19)5-7)13(17)21-22-14(18)10-4-2-8(16)6-12(10)20/h1-6H. The smallest absolute Gasteiger partial charge is 0.161 e. The van der Waals surface area contributed by atoms with Gasteiger partial charge < -0.3 is 0 Å². The third-order valence-electron chi connectivity index (χ3n) is 2.53. The van der Waals surface area contributed by atoms with Crippen molar-refractivity contribution in [3.8, 4) is 0 Å². The lowest BCUT2D eigenvalue weighted by molar-refractivity contribution is 0.624. The summed E-state index contributed by atoms with van der Waals surface area (Å²) < 4.78 is 28.6. The molecule has 0 spiro atoms. The molecule has 2 aromatic rings. The normalized spacial score (nSPS) is 12.6. The molecule has 0 saturated heterocycles. The van der Waals surface area contributed by atoms with Crippen molar-refractivity contribution < 1.29 is 8.78 Å². The number of benzene rings is 2. The number of hydrogen-bond donors (Lipinski definition) is 0. The molecule has 0 saturated carbocycles. The van der Waals surface area contributed by atoms with Gasteiger partial charge in [-0.05, 0) is 36.4 Å². The first-order chi connectivity index (χ1) is 10.4. The molecule has 0 unspecified atom stereocenters. The van der Waals surface area contributed by atoms with Gasteiger partial charge in [-0.3, -0.25) is 0 Å². The van der Waals surface area contributed by atoms with Crippen LogP contribution in [-0.2, 0) is 0 Å². The molecule has 2 aromatic carbocycles. The Bertz CT molecular complexity index is 714. The molecule has 0 aliphatic rings. The first-order valence-corrected chi connectivity index (χ1v) is 8.10. The molecule has 0 aromatic heterocycles. The Kier molecular flexibility index (Phi) is 6.09. The second-order valence-corrected chi connectivity index (χ2v) is 6.58. The van der Waals surface area contributed by atoms with Crippen LogP contribution >= 0.6 is 55.1 Å². The van der Waals surface area contributed by atoms with Gasteiger partial charge in [-0.1, -0.05) is 55.1 Å². The Morgan fingerprint density at radius 1 is 0.773 bits per heavy atom. The van der Waals surface area contributed by atoms with Gasteiger partial charge in [0.2, 0.25) is 0 Å². The molecule has 0 atom stereocenters. The van der Waals surface area contributed by atoms with Crippen LogP contribution in [0, 0.1) is 11.6 Å². The van der Waals surface area contributed by atoms with Crippen LogP contribution in [0.5, 0.6) is 0 Å². The van der Waals surface area contributed by atoms with Crippen LogP contribution in [0.4, 0.5) is 8.78 Å². The Balaban J connectivity index is 2.32. The highest BCUT2D eigenvalue weighted by Gasteiger charge is 2.10. The lowest BCUT2D eigenvalue weighted by Gasteiger charge is -2.01. The first-order valence-electron chi connectivity index (χ1n) is 5.76. The zero-order valence-electron chi connectivity index (χ0n) is 10.6. The molecule has 0 fully saturated rings. The number of halogens is 6. The molecule has 8 heteroatoms. The van der Waals surface area contributed by atoms with Crippen LogP contribution in [0.3, 0.4) is 0 Å². The Labute approximate surface area is 152 Å². The predicted octanol–water partition coefficient (Wildman–Crippen LogP) is 6.08. The molecule has 2 nitrogen and oxygen atoms in total. The number of nitrogens with zero attached hydrogens (tertiary/aromatic N) is 2. The molecular formula is C14H6Br2Cl2F2N2. The van der Waals surface area contributed by atoms with Crippen LogP contribution < -0.4 is 0 Å². The summed E-state index contributed by atoms with van der Waals surface area (Å²) in [5, 5.41) is 6.87. The van der Waals surface area contributed by atoms with E-state index in [4.69, 9.17) is 23.2 Å². The fourth-order valence-corrected chi connectivity index (χ4v) is 2.56. The Morgan fingerprint density at radius 2 is 1.14 bits per heavy atom. The Hall–Kier alpha value is -0.820. The van der Waals surface area contributed by atoms with Crippen LogP contribution in [0.25, 0.3) is 0 Å². The largest absolute Gasteiger partial charge is 0.206 e. The van der Waals surface area contributed by atoms with E-state index in [1.165, 1.54) is 24.3 Å². The summed E-state index contributed by atoms with van der Waals surface area (Å²) in [6.45, 7) is 0. The quantitative estimate of drug-likeness (QED) is 0.384. The number of hydrogen-bond acceptors (Lipinski definition) is 2. The maximum atomic E-state index is 13.7. The van der Waals surface area contributed by atoms with E-state index in [1.807, 2.05) is 0 Å². The molecule has 0 aliphatic carbocycles. The van der Waals surface area contributed by atoms with Gasteiger partial charge in [0, 0.05) is 20.1 Å². The average molecular weight is 471 g/mol. The van der Waals surface area contributed by atoms with Crippen molar-refractivity contribution in [1.82, 2.24) is 0 Å². The summed E-state index contributed by atoms with van der Waals surface area (Å²) in [6, 6.07) is 8.58. The second-order valence-electron chi connectivity index (χ2n) is 4.03. The van der Waals surface area contributed by atoms with E-state index >= 15 is 0 Å². The van der Waals surface area contributed by atoms with E-state index in [2.05, 4.69) is 42.1 Å². The third-order valence-corrected chi connectivity index (χ3v) is 4.08. The fraction of sp³-hybridized carbons (Fsp3) is 0.